The topological polar surface area (TPSA) is 93.1 Å². The minimum atomic E-state index is -0.519. The van der Waals surface area contributed by atoms with Crippen molar-refractivity contribution in [3.05, 3.63) is 6.20 Å². The van der Waals surface area contributed by atoms with E-state index in [2.05, 4.69) is 54.8 Å². The molecule has 1 N–H and O–H groups in total. The minimum Gasteiger partial charge on any atom is -0.475 e. The average Bonchev–Trinajstić information content (AvgIpc) is 3.46. The first kappa shape index (κ1) is 30.9. The summed E-state index contributed by atoms with van der Waals surface area (Å²) >= 11 is 3.14. The Balaban J connectivity index is 1.40. The van der Waals surface area contributed by atoms with Crippen molar-refractivity contribution in [1.29, 1.82) is 0 Å². The van der Waals surface area contributed by atoms with E-state index >= 15 is 0 Å². The van der Waals surface area contributed by atoms with Crippen LogP contribution in [0, 0.1) is 22.2 Å². The molecule has 0 saturated carbocycles. The lowest BCUT2D eigenvalue weighted by Gasteiger charge is -2.39. The molecular formula is C28H46N4O4S2. The third-order valence-corrected chi connectivity index (χ3v) is 9.18. The Kier molecular flexibility index (Phi) is 10.3. The number of carbonyl (C=O) groups excluding carboxylic acids is 2. The number of hydrogen-bond acceptors (Lipinski definition) is 9. The van der Waals surface area contributed by atoms with Gasteiger partial charge in [0.1, 0.15) is 6.10 Å². The number of thiazole rings is 1. The summed E-state index contributed by atoms with van der Waals surface area (Å²) in [5.74, 6) is 1.36. The first-order valence-electron chi connectivity index (χ1n) is 13.7. The summed E-state index contributed by atoms with van der Waals surface area (Å²) in [6, 6.07) is 0. The molecule has 38 heavy (non-hydrogen) atoms. The molecule has 0 aliphatic carbocycles. The lowest BCUT2D eigenvalue weighted by atomic mass is 9.74. The van der Waals surface area contributed by atoms with Gasteiger partial charge >= 0.3 is 5.97 Å². The highest BCUT2D eigenvalue weighted by atomic mass is 32.2. The second-order valence-corrected chi connectivity index (χ2v) is 15.3. The number of rotatable bonds is 11. The number of likely N-dealkylation sites (tertiary alicyclic amines) is 1. The highest BCUT2D eigenvalue weighted by molar-refractivity contribution is 8.01. The fraction of sp³-hybridized carbons (Fsp3) is 0.786. The third-order valence-electron chi connectivity index (χ3n) is 7.09. The molecule has 0 spiro atoms. The number of carbonyl (C=O) groups is 2. The van der Waals surface area contributed by atoms with E-state index in [1.807, 2.05) is 27.0 Å². The highest BCUT2D eigenvalue weighted by Crippen LogP contribution is 2.36. The number of anilines is 1. The van der Waals surface area contributed by atoms with E-state index in [1.54, 1.807) is 11.8 Å². The van der Waals surface area contributed by atoms with Crippen LogP contribution in [-0.4, -0.2) is 72.3 Å². The molecule has 1 saturated heterocycles. The average molecular weight is 567 g/mol. The molecule has 1 aromatic rings. The van der Waals surface area contributed by atoms with Crippen LogP contribution in [0.1, 0.15) is 74.7 Å². The molecule has 214 valence electrons. The first-order chi connectivity index (χ1) is 17.7. The number of piperidine rings is 1. The Morgan fingerprint density at radius 1 is 1.18 bits per heavy atom. The summed E-state index contributed by atoms with van der Waals surface area (Å²) < 4.78 is 12.3. The van der Waals surface area contributed by atoms with Crippen molar-refractivity contribution in [2.24, 2.45) is 27.2 Å². The largest absolute Gasteiger partial charge is 0.475 e. The summed E-state index contributed by atoms with van der Waals surface area (Å²) in [5, 5.41) is 3.67. The van der Waals surface area contributed by atoms with Crippen LogP contribution in [0.4, 0.5) is 5.13 Å². The number of esters is 1. The summed E-state index contributed by atoms with van der Waals surface area (Å²) in [4.78, 5) is 36.6. The molecule has 3 rings (SSSR count). The predicted octanol–water partition coefficient (Wildman–Crippen LogP) is 5.73. The number of amides is 1. The van der Waals surface area contributed by atoms with Gasteiger partial charge in [0, 0.05) is 17.9 Å². The van der Waals surface area contributed by atoms with Gasteiger partial charge in [-0.15, -0.1) is 11.8 Å². The molecule has 3 heterocycles. The third kappa shape index (κ3) is 8.95. The van der Waals surface area contributed by atoms with Crippen molar-refractivity contribution >= 4 is 46.0 Å². The smallest absolute Gasteiger partial charge is 0.311 e. The van der Waals surface area contributed by atoms with Gasteiger partial charge in [-0.1, -0.05) is 46.0 Å². The van der Waals surface area contributed by atoms with E-state index < -0.39 is 5.41 Å². The molecule has 0 bridgehead atoms. The second kappa shape index (κ2) is 12.7. The van der Waals surface area contributed by atoms with E-state index in [9.17, 15) is 9.59 Å². The molecule has 1 unspecified atom stereocenters. The van der Waals surface area contributed by atoms with Crippen LogP contribution in [0.5, 0.6) is 0 Å². The van der Waals surface area contributed by atoms with Gasteiger partial charge in [0.15, 0.2) is 11.0 Å². The van der Waals surface area contributed by atoms with E-state index in [1.165, 1.54) is 11.3 Å². The zero-order valence-electron chi connectivity index (χ0n) is 24.4. The van der Waals surface area contributed by atoms with Gasteiger partial charge in [-0.25, -0.2) is 4.98 Å². The number of nitrogens with zero attached hydrogens (tertiary/aromatic N) is 3. The highest BCUT2D eigenvalue weighted by Gasteiger charge is 2.37. The van der Waals surface area contributed by atoms with E-state index in [0.29, 0.717) is 24.0 Å². The van der Waals surface area contributed by atoms with Crippen molar-refractivity contribution in [1.82, 2.24) is 9.88 Å². The van der Waals surface area contributed by atoms with Gasteiger partial charge < -0.3 is 19.7 Å². The maximum Gasteiger partial charge on any atom is 0.311 e. The van der Waals surface area contributed by atoms with Crippen LogP contribution < -0.4 is 5.32 Å². The van der Waals surface area contributed by atoms with Crippen LogP contribution in [-0.2, 0) is 19.1 Å². The number of aliphatic imine (C=N–C) groups is 1. The summed E-state index contributed by atoms with van der Waals surface area (Å²) in [6.07, 6.45) is 4.33. The molecule has 1 amide bonds. The summed E-state index contributed by atoms with van der Waals surface area (Å²) in [5.41, 5.74) is -0.483. The Hall–Kier alpha value is -1.65. The van der Waals surface area contributed by atoms with Gasteiger partial charge in [-0.2, -0.15) is 0 Å². The van der Waals surface area contributed by atoms with Crippen molar-refractivity contribution in [2.45, 2.75) is 85.0 Å². The molecule has 1 aromatic heterocycles. The SMILES string of the molecule is CCOC(=O)C(C)(C)CC(C)(C)CN1CCC(C(=O)Nc2ncc(SCC3=NCC(C(C)(C)C)O3)s2)CC1. The van der Waals surface area contributed by atoms with E-state index in [-0.39, 0.29) is 34.7 Å². The molecule has 0 aromatic carbocycles. The van der Waals surface area contributed by atoms with Gasteiger partial charge in [0.2, 0.25) is 5.91 Å². The Bertz CT molecular complexity index is 991. The van der Waals surface area contributed by atoms with Gasteiger partial charge in [-0.05, 0) is 58.5 Å². The van der Waals surface area contributed by atoms with Crippen LogP contribution in [0.15, 0.2) is 15.4 Å². The molecule has 8 nitrogen and oxygen atoms in total. The summed E-state index contributed by atoms with van der Waals surface area (Å²) in [7, 11) is 0. The monoisotopic (exact) mass is 566 g/mol. The summed E-state index contributed by atoms with van der Waals surface area (Å²) in [6.45, 7) is 20.4. The Labute approximate surface area is 236 Å². The lowest BCUT2D eigenvalue weighted by molar-refractivity contribution is -0.155. The van der Waals surface area contributed by atoms with Crippen LogP contribution in [0.25, 0.3) is 0 Å². The fourth-order valence-electron chi connectivity index (χ4n) is 5.29. The first-order valence-corrected chi connectivity index (χ1v) is 15.5. The number of ether oxygens (including phenoxy) is 2. The van der Waals surface area contributed by atoms with Gasteiger partial charge in [-0.3, -0.25) is 14.6 Å². The Morgan fingerprint density at radius 2 is 1.87 bits per heavy atom. The normalized spacial score (nSPS) is 19.7. The predicted molar refractivity (Wildman–Crippen MR) is 156 cm³/mol. The number of hydrogen-bond donors (Lipinski definition) is 1. The fourth-order valence-corrected chi connectivity index (χ4v) is 7.04. The van der Waals surface area contributed by atoms with E-state index in [4.69, 9.17) is 9.47 Å². The number of nitrogens with one attached hydrogen (secondary N) is 1. The zero-order chi connectivity index (χ0) is 28.1. The molecule has 2 aliphatic heterocycles. The maximum atomic E-state index is 12.9. The van der Waals surface area contributed by atoms with Crippen LogP contribution in [0.3, 0.4) is 0 Å². The van der Waals surface area contributed by atoms with Crippen molar-refractivity contribution < 1.29 is 19.1 Å². The maximum absolute atomic E-state index is 12.9. The standard InChI is InChI=1S/C28H46N4O4S2/c1-9-35-24(34)28(7,8)17-27(5,6)18-32-12-10-19(11-13-32)23(33)31-25-30-15-22(38-25)37-16-21-29-14-20(36-21)26(2,3)4/h15,19-20H,9-14,16-18H2,1-8H3,(H,30,31,33). The quantitative estimate of drug-likeness (QED) is 0.270. The van der Waals surface area contributed by atoms with Gasteiger partial charge in [0.25, 0.3) is 0 Å². The van der Waals surface area contributed by atoms with Crippen molar-refractivity contribution in [3.63, 3.8) is 0 Å². The number of aromatic nitrogens is 1. The van der Waals surface area contributed by atoms with Gasteiger partial charge in [0.05, 0.1) is 34.7 Å². The Morgan fingerprint density at radius 3 is 2.47 bits per heavy atom. The molecule has 1 atom stereocenters. The van der Waals surface area contributed by atoms with Crippen LogP contribution >= 0.6 is 23.1 Å². The molecule has 0 radical (unpaired) electrons. The van der Waals surface area contributed by atoms with Crippen molar-refractivity contribution in [2.75, 3.05) is 43.9 Å². The van der Waals surface area contributed by atoms with Crippen LogP contribution in [0.2, 0.25) is 0 Å². The minimum absolute atomic E-state index is 0.0130. The van der Waals surface area contributed by atoms with Crippen molar-refractivity contribution in [3.8, 4) is 0 Å². The number of thioether (sulfide) groups is 1. The zero-order valence-corrected chi connectivity index (χ0v) is 26.0. The molecule has 2 aliphatic rings. The lowest BCUT2D eigenvalue weighted by Crippen LogP contribution is -2.44. The van der Waals surface area contributed by atoms with E-state index in [0.717, 1.165) is 49.0 Å². The molecular weight excluding hydrogens is 520 g/mol. The molecule has 10 heteroatoms. The molecule has 1 fully saturated rings. The second-order valence-electron chi connectivity index (χ2n) is 13.0.